The minimum Gasteiger partial charge on any atom is -0.394 e. The quantitative estimate of drug-likeness (QED) is 0.507. The number of aliphatic hydroxyl groups is 1. The van der Waals surface area contributed by atoms with Gasteiger partial charge in [0.15, 0.2) is 0 Å². The Kier molecular flexibility index (Phi) is 8.67. The van der Waals surface area contributed by atoms with Crippen molar-refractivity contribution in [3.63, 3.8) is 0 Å². The minimum atomic E-state index is -3.75. The number of carbonyl (C=O) groups excluding carboxylic acids is 1. The van der Waals surface area contributed by atoms with Gasteiger partial charge in [-0.05, 0) is 48.2 Å². The summed E-state index contributed by atoms with van der Waals surface area (Å²) in [6.45, 7) is 6.04. The van der Waals surface area contributed by atoms with Gasteiger partial charge in [0.05, 0.1) is 30.3 Å². The summed E-state index contributed by atoms with van der Waals surface area (Å²) in [4.78, 5) is 15.8. The number of amides is 1. The van der Waals surface area contributed by atoms with E-state index in [9.17, 15) is 18.3 Å². The van der Waals surface area contributed by atoms with Crippen LogP contribution in [0.1, 0.15) is 35.3 Å². The zero-order chi connectivity index (χ0) is 27.4. The summed E-state index contributed by atoms with van der Waals surface area (Å²) in [5, 5.41) is 10.00. The molecule has 3 aromatic carbocycles. The normalized spacial score (nSPS) is 19.4. The molecule has 0 unspecified atom stereocenters. The Balaban J connectivity index is 1.74. The van der Waals surface area contributed by atoms with Gasteiger partial charge < -0.3 is 14.7 Å². The van der Waals surface area contributed by atoms with E-state index in [0.29, 0.717) is 17.7 Å². The zero-order valence-corrected chi connectivity index (χ0v) is 23.2. The van der Waals surface area contributed by atoms with Crippen molar-refractivity contribution in [3.05, 3.63) is 89.5 Å². The van der Waals surface area contributed by atoms with Crippen molar-refractivity contribution in [1.29, 1.82) is 0 Å². The predicted molar refractivity (Wildman–Crippen MR) is 148 cm³/mol. The van der Waals surface area contributed by atoms with E-state index in [1.54, 1.807) is 37.1 Å². The number of fused-ring (bicyclic) bond motifs is 3. The number of rotatable bonds is 6. The lowest BCUT2D eigenvalue weighted by Crippen LogP contribution is -2.47. The first-order valence-electron chi connectivity index (χ1n) is 12.9. The van der Waals surface area contributed by atoms with Crippen LogP contribution in [0.4, 0.5) is 0 Å². The number of sulfonamides is 1. The first-order chi connectivity index (χ1) is 18.1. The lowest BCUT2D eigenvalue weighted by atomic mass is 9.94. The first-order valence-corrected chi connectivity index (χ1v) is 14.3. The average molecular weight is 537 g/mol. The highest BCUT2D eigenvalue weighted by molar-refractivity contribution is 7.89. The van der Waals surface area contributed by atoms with E-state index in [1.165, 1.54) is 4.31 Å². The number of aliphatic hydroxyl groups excluding tert-OH is 1. The zero-order valence-electron chi connectivity index (χ0n) is 22.4. The molecule has 8 heteroatoms. The van der Waals surface area contributed by atoms with Gasteiger partial charge in [-0.2, -0.15) is 4.31 Å². The smallest absolute Gasteiger partial charge is 0.254 e. The Morgan fingerprint density at radius 2 is 1.61 bits per heavy atom. The van der Waals surface area contributed by atoms with Crippen LogP contribution in [-0.2, 0) is 21.4 Å². The van der Waals surface area contributed by atoms with E-state index < -0.39 is 22.2 Å². The molecule has 3 aromatic rings. The van der Waals surface area contributed by atoms with Crippen molar-refractivity contribution in [2.45, 2.75) is 44.4 Å². The largest absolute Gasteiger partial charge is 0.394 e. The van der Waals surface area contributed by atoms with Gasteiger partial charge in [-0.25, -0.2) is 8.42 Å². The minimum absolute atomic E-state index is 0.114. The fraction of sp³-hybridized carbons (Fsp3) is 0.367. The number of benzene rings is 3. The van der Waals surface area contributed by atoms with Gasteiger partial charge in [0.2, 0.25) is 10.0 Å². The third-order valence-corrected chi connectivity index (χ3v) is 9.30. The Bertz CT molecular complexity index is 1390. The van der Waals surface area contributed by atoms with E-state index in [4.69, 9.17) is 4.74 Å². The average Bonchev–Trinajstić information content (AvgIpc) is 2.94. The van der Waals surface area contributed by atoms with Gasteiger partial charge in [-0.15, -0.1) is 0 Å². The highest BCUT2D eigenvalue weighted by Gasteiger charge is 2.33. The molecule has 0 spiro atoms. The number of nitrogens with zero attached hydrogens (tertiary/aromatic N) is 2. The fourth-order valence-corrected chi connectivity index (χ4v) is 6.32. The fourth-order valence-electron chi connectivity index (χ4n) is 4.92. The number of aryl methyl sites for hydroxylation is 1. The molecular formula is C30H36N2O5S. The molecule has 0 saturated carbocycles. The highest BCUT2D eigenvalue weighted by Crippen LogP contribution is 2.31. The molecule has 1 N–H and O–H groups in total. The van der Waals surface area contributed by atoms with Crippen LogP contribution in [0.25, 0.3) is 11.1 Å². The summed E-state index contributed by atoms with van der Waals surface area (Å²) in [6, 6.07) is 21.8. The van der Waals surface area contributed by atoms with Crippen LogP contribution in [0.5, 0.6) is 0 Å². The standard InChI is InChI=1S/C30H36N2O5S/c1-21-11-5-10-16-29(21)38(35,36)31(4)18-28-22(2)17-32(23(3)19-33)30(34)27-15-9-8-14-26(27)25-13-7-6-12-24(25)20-37-28/h5-16,22-23,28,33H,17-20H2,1-4H3/t22-,23-,28+/m1/s1. The van der Waals surface area contributed by atoms with Gasteiger partial charge in [0, 0.05) is 31.6 Å². The third-order valence-electron chi connectivity index (χ3n) is 7.31. The summed E-state index contributed by atoms with van der Waals surface area (Å²) in [7, 11) is -2.19. The first kappa shape index (κ1) is 28.0. The monoisotopic (exact) mass is 536 g/mol. The Labute approximate surface area is 225 Å². The van der Waals surface area contributed by atoms with Crippen LogP contribution >= 0.6 is 0 Å². The Morgan fingerprint density at radius 3 is 2.29 bits per heavy atom. The van der Waals surface area contributed by atoms with Crippen molar-refractivity contribution in [3.8, 4) is 11.1 Å². The summed E-state index contributed by atoms with van der Waals surface area (Å²) >= 11 is 0. The number of ether oxygens (including phenoxy) is 1. The molecule has 0 aromatic heterocycles. The van der Waals surface area contributed by atoms with Crippen molar-refractivity contribution in [1.82, 2.24) is 9.21 Å². The molecule has 0 bridgehead atoms. The van der Waals surface area contributed by atoms with Crippen LogP contribution in [-0.4, -0.2) is 67.5 Å². The molecule has 4 rings (SSSR count). The van der Waals surface area contributed by atoms with E-state index >= 15 is 0 Å². The maximum Gasteiger partial charge on any atom is 0.254 e. The van der Waals surface area contributed by atoms with Crippen LogP contribution < -0.4 is 0 Å². The van der Waals surface area contributed by atoms with E-state index in [0.717, 1.165) is 16.7 Å². The van der Waals surface area contributed by atoms with Crippen LogP contribution in [0.2, 0.25) is 0 Å². The number of likely N-dealkylation sites (N-methyl/N-ethyl adjacent to an activating group) is 1. The molecule has 0 aliphatic carbocycles. The molecule has 1 amide bonds. The SMILES string of the molecule is Cc1ccccc1S(=O)(=O)N(C)C[C@@H]1OCc2ccccc2-c2ccccc2C(=O)N([C@H](C)CO)C[C@H]1C. The molecule has 38 heavy (non-hydrogen) atoms. The van der Waals surface area contributed by atoms with Gasteiger partial charge in [-0.1, -0.05) is 67.6 Å². The topological polar surface area (TPSA) is 87.2 Å². The van der Waals surface area contributed by atoms with Crippen molar-refractivity contribution in [2.75, 3.05) is 26.7 Å². The van der Waals surface area contributed by atoms with Crippen molar-refractivity contribution in [2.24, 2.45) is 5.92 Å². The molecule has 202 valence electrons. The number of hydrogen-bond donors (Lipinski definition) is 1. The molecule has 1 heterocycles. The summed E-state index contributed by atoms with van der Waals surface area (Å²) < 4.78 is 34.7. The Morgan fingerprint density at radius 1 is 1.00 bits per heavy atom. The van der Waals surface area contributed by atoms with E-state index in [-0.39, 0.29) is 36.5 Å². The summed E-state index contributed by atoms with van der Waals surface area (Å²) in [5.41, 5.74) is 3.85. The van der Waals surface area contributed by atoms with Crippen LogP contribution in [0.15, 0.2) is 77.7 Å². The maximum absolute atomic E-state index is 13.9. The van der Waals surface area contributed by atoms with Crippen molar-refractivity contribution >= 4 is 15.9 Å². The van der Waals surface area contributed by atoms with Gasteiger partial charge >= 0.3 is 0 Å². The maximum atomic E-state index is 13.9. The molecular weight excluding hydrogens is 500 g/mol. The summed E-state index contributed by atoms with van der Waals surface area (Å²) in [5.74, 6) is -0.398. The van der Waals surface area contributed by atoms with Crippen molar-refractivity contribution < 1.29 is 23.1 Å². The second kappa shape index (κ2) is 11.8. The molecule has 1 aliphatic rings. The van der Waals surface area contributed by atoms with Crippen LogP contribution in [0, 0.1) is 12.8 Å². The molecule has 7 nitrogen and oxygen atoms in total. The lowest BCUT2D eigenvalue weighted by Gasteiger charge is -2.35. The second-order valence-electron chi connectivity index (χ2n) is 10.1. The summed E-state index contributed by atoms with van der Waals surface area (Å²) in [6.07, 6.45) is -0.505. The third kappa shape index (κ3) is 5.68. The lowest BCUT2D eigenvalue weighted by molar-refractivity contribution is -0.0146. The molecule has 1 aliphatic heterocycles. The van der Waals surface area contributed by atoms with E-state index in [1.807, 2.05) is 68.4 Å². The number of carbonyl (C=O) groups is 1. The van der Waals surface area contributed by atoms with Gasteiger partial charge in [-0.3, -0.25) is 4.79 Å². The van der Waals surface area contributed by atoms with E-state index in [2.05, 4.69) is 0 Å². The number of hydrogen-bond acceptors (Lipinski definition) is 5. The Hall–Kier alpha value is -3.04. The van der Waals surface area contributed by atoms with Crippen LogP contribution in [0.3, 0.4) is 0 Å². The van der Waals surface area contributed by atoms with Gasteiger partial charge in [0.1, 0.15) is 0 Å². The van der Waals surface area contributed by atoms with Gasteiger partial charge in [0.25, 0.3) is 5.91 Å². The molecule has 3 atom stereocenters. The molecule has 0 saturated heterocycles. The highest BCUT2D eigenvalue weighted by atomic mass is 32.2. The molecule has 0 radical (unpaired) electrons. The molecule has 0 fully saturated rings. The predicted octanol–water partition coefficient (Wildman–Crippen LogP) is 4.34. The second-order valence-corrected chi connectivity index (χ2v) is 12.1.